The molecule has 22 heavy (non-hydrogen) atoms. The molecule has 2 aromatic rings. The second-order valence-electron chi connectivity index (χ2n) is 4.26. The number of hydrogen-bond acceptors (Lipinski definition) is 4. The smallest absolute Gasteiger partial charge is 0.339 e. The molecule has 0 spiro atoms. The van der Waals surface area contributed by atoms with Crippen molar-refractivity contribution in [3.63, 3.8) is 0 Å². The predicted octanol–water partition coefficient (Wildman–Crippen LogP) is 3.12. The van der Waals surface area contributed by atoms with Crippen LogP contribution in [-0.2, 0) is 9.53 Å². The van der Waals surface area contributed by atoms with Crippen LogP contribution in [-0.4, -0.2) is 18.5 Å². The van der Waals surface area contributed by atoms with Gasteiger partial charge in [0.15, 0.2) is 6.61 Å². The van der Waals surface area contributed by atoms with Crippen LogP contribution in [0.25, 0.3) is 0 Å². The van der Waals surface area contributed by atoms with Crippen LogP contribution in [0.2, 0.25) is 0 Å². The molecule has 6 heteroatoms. The van der Waals surface area contributed by atoms with Crippen molar-refractivity contribution >= 4 is 33.5 Å². The van der Waals surface area contributed by atoms with Gasteiger partial charge in [-0.15, -0.1) is 0 Å². The Bertz CT molecular complexity index is 753. The first kappa shape index (κ1) is 15.7. The Morgan fingerprint density at radius 1 is 1.14 bits per heavy atom. The first-order chi connectivity index (χ1) is 10.6. The largest absolute Gasteiger partial charge is 0.452 e. The third kappa shape index (κ3) is 3.93. The molecule has 0 radical (unpaired) electrons. The summed E-state index contributed by atoms with van der Waals surface area (Å²) in [5.41, 5.74) is 1.06. The Morgan fingerprint density at radius 2 is 1.82 bits per heavy atom. The van der Waals surface area contributed by atoms with E-state index in [2.05, 4.69) is 21.2 Å². The predicted molar refractivity (Wildman–Crippen MR) is 84.2 cm³/mol. The molecular formula is C16H11BrN2O3. The maximum absolute atomic E-state index is 11.9. The van der Waals surface area contributed by atoms with E-state index in [4.69, 9.17) is 10.00 Å². The molecule has 0 fully saturated rings. The number of carbonyl (C=O) groups is 2. The van der Waals surface area contributed by atoms with Gasteiger partial charge >= 0.3 is 5.97 Å². The molecule has 110 valence electrons. The fourth-order valence-corrected chi connectivity index (χ4v) is 2.16. The number of nitrogens with one attached hydrogen (secondary N) is 1. The highest BCUT2D eigenvalue weighted by Gasteiger charge is 2.13. The normalized spacial score (nSPS) is 9.64. The second kappa shape index (κ2) is 7.38. The summed E-state index contributed by atoms with van der Waals surface area (Å²) < 4.78 is 5.55. The van der Waals surface area contributed by atoms with Gasteiger partial charge in [0, 0.05) is 4.47 Å². The molecule has 0 aliphatic heterocycles. The van der Waals surface area contributed by atoms with Gasteiger partial charge in [0.25, 0.3) is 5.91 Å². The van der Waals surface area contributed by atoms with E-state index in [0.29, 0.717) is 21.3 Å². The SMILES string of the molecule is N#Cc1ccccc1NC(=O)COC(=O)c1ccccc1Br. The number of halogens is 1. The Labute approximate surface area is 135 Å². The highest BCUT2D eigenvalue weighted by Crippen LogP contribution is 2.17. The van der Waals surface area contributed by atoms with Gasteiger partial charge in [0.2, 0.25) is 0 Å². The van der Waals surface area contributed by atoms with Gasteiger partial charge in [-0.2, -0.15) is 5.26 Å². The Hall–Kier alpha value is -2.65. The minimum absolute atomic E-state index is 0.340. The number of ether oxygens (including phenoxy) is 1. The quantitative estimate of drug-likeness (QED) is 0.851. The van der Waals surface area contributed by atoms with E-state index in [1.807, 2.05) is 6.07 Å². The average Bonchev–Trinajstić information content (AvgIpc) is 2.53. The number of anilines is 1. The van der Waals surface area contributed by atoms with Gasteiger partial charge < -0.3 is 10.1 Å². The summed E-state index contributed by atoms with van der Waals surface area (Å²) in [5, 5.41) is 11.5. The molecule has 0 atom stereocenters. The Morgan fingerprint density at radius 3 is 2.55 bits per heavy atom. The zero-order valence-corrected chi connectivity index (χ0v) is 13.0. The van der Waals surface area contributed by atoms with Gasteiger partial charge in [0.1, 0.15) is 6.07 Å². The molecule has 0 bridgehead atoms. The number of amides is 1. The number of para-hydroxylation sites is 1. The lowest BCUT2D eigenvalue weighted by Crippen LogP contribution is -2.21. The van der Waals surface area contributed by atoms with E-state index in [1.165, 1.54) is 0 Å². The van der Waals surface area contributed by atoms with Gasteiger partial charge in [-0.1, -0.05) is 24.3 Å². The van der Waals surface area contributed by atoms with Crippen LogP contribution in [0.4, 0.5) is 5.69 Å². The zero-order chi connectivity index (χ0) is 15.9. The van der Waals surface area contributed by atoms with Crippen LogP contribution in [0.5, 0.6) is 0 Å². The van der Waals surface area contributed by atoms with Crippen LogP contribution in [0, 0.1) is 11.3 Å². The van der Waals surface area contributed by atoms with Gasteiger partial charge in [-0.25, -0.2) is 4.79 Å². The topological polar surface area (TPSA) is 79.2 Å². The maximum atomic E-state index is 11.9. The molecule has 1 amide bonds. The van der Waals surface area contributed by atoms with Crippen molar-refractivity contribution in [1.82, 2.24) is 0 Å². The van der Waals surface area contributed by atoms with Gasteiger partial charge in [-0.3, -0.25) is 4.79 Å². The highest BCUT2D eigenvalue weighted by molar-refractivity contribution is 9.10. The summed E-state index contributed by atoms with van der Waals surface area (Å²) in [6.07, 6.45) is 0. The maximum Gasteiger partial charge on any atom is 0.339 e. The van der Waals surface area contributed by atoms with Crippen molar-refractivity contribution in [3.05, 3.63) is 64.1 Å². The fourth-order valence-electron chi connectivity index (χ4n) is 1.71. The average molecular weight is 359 g/mol. The molecule has 1 N–H and O–H groups in total. The molecule has 0 unspecified atom stereocenters. The van der Waals surface area contributed by atoms with Gasteiger partial charge in [-0.05, 0) is 40.2 Å². The van der Waals surface area contributed by atoms with Crippen molar-refractivity contribution in [2.75, 3.05) is 11.9 Å². The lowest BCUT2D eigenvalue weighted by Gasteiger charge is -2.08. The van der Waals surface area contributed by atoms with Crippen LogP contribution in [0.15, 0.2) is 53.0 Å². The van der Waals surface area contributed by atoms with Crippen molar-refractivity contribution in [1.29, 1.82) is 5.26 Å². The Balaban J connectivity index is 1.95. The summed E-state index contributed by atoms with van der Waals surface area (Å²) in [7, 11) is 0. The molecule has 0 aliphatic carbocycles. The lowest BCUT2D eigenvalue weighted by atomic mass is 10.2. The van der Waals surface area contributed by atoms with E-state index in [-0.39, 0.29) is 0 Å². The molecule has 5 nitrogen and oxygen atoms in total. The molecule has 0 aromatic heterocycles. The van der Waals surface area contributed by atoms with E-state index < -0.39 is 18.5 Å². The molecule has 0 heterocycles. The molecular weight excluding hydrogens is 348 g/mol. The summed E-state index contributed by atoms with van der Waals surface area (Å²) in [6, 6.07) is 15.3. The van der Waals surface area contributed by atoms with Crippen LogP contribution in [0.1, 0.15) is 15.9 Å². The second-order valence-corrected chi connectivity index (χ2v) is 5.12. The number of nitrogens with zero attached hydrogens (tertiary/aromatic N) is 1. The lowest BCUT2D eigenvalue weighted by molar-refractivity contribution is -0.119. The van der Waals surface area contributed by atoms with Crippen LogP contribution >= 0.6 is 15.9 Å². The van der Waals surface area contributed by atoms with Crippen molar-refractivity contribution in [2.45, 2.75) is 0 Å². The van der Waals surface area contributed by atoms with E-state index in [9.17, 15) is 9.59 Å². The van der Waals surface area contributed by atoms with Gasteiger partial charge in [0.05, 0.1) is 16.8 Å². The fraction of sp³-hybridized carbons (Fsp3) is 0.0625. The first-order valence-corrected chi connectivity index (χ1v) is 7.11. The summed E-state index contributed by atoms with van der Waals surface area (Å²) in [5.74, 6) is -1.11. The number of nitriles is 1. The number of esters is 1. The van der Waals surface area contributed by atoms with Crippen LogP contribution in [0.3, 0.4) is 0 Å². The molecule has 0 saturated heterocycles. The third-order valence-corrected chi connectivity index (χ3v) is 3.44. The highest BCUT2D eigenvalue weighted by atomic mass is 79.9. The minimum atomic E-state index is -0.601. The summed E-state index contributed by atoms with van der Waals surface area (Å²) in [4.78, 5) is 23.7. The molecule has 2 aromatic carbocycles. The van der Waals surface area contributed by atoms with Crippen molar-refractivity contribution in [2.24, 2.45) is 0 Å². The zero-order valence-electron chi connectivity index (χ0n) is 11.4. The number of benzene rings is 2. The van der Waals surface area contributed by atoms with E-state index in [0.717, 1.165) is 0 Å². The van der Waals surface area contributed by atoms with E-state index >= 15 is 0 Å². The summed E-state index contributed by atoms with van der Waals surface area (Å²) in [6.45, 7) is -0.431. The molecule has 2 rings (SSSR count). The van der Waals surface area contributed by atoms with E-state index in [1.54, 1.807) is 48.5 Å². The standard InChI is InChI=1S/C16H11BrN2O3/c17-13-7-3-2-6-12(13)16(21)22-10-15(20)19-14-8-4-1-5-11(14)9-18/h1-8H,10H2,(H,19,20). The molecule has 0 aliphatic rings. The van der Waals surface area contributed by atoms with Crippen LogP contribution < -0.4 is 5.32 Å². The first-order valence-electron chi connectivity index (χ1n) is 6.32. The summed E-state index contributed by atoms with van der Waals surface area (Å²) >= 11 is 3.24. The molecule has 0 saturated carbocycles. The monoisotopic (exact) mass is 358 g/mol. The number of rotatable bonds is 4. The third-order valence-electron chi connectivity index (χ3n) is 2.75. The van der Waals surface area contributed by atoms with Crippen molar-refractivity contribution in [3.8, 4) is 6.07 Å². The number of carbonyl (C=O) groups excluding carboxylic acids is 2. The van der Waals surface area contributed by atoms with Crippen molar-refractivity contribution < 1.29 is 14.3 Å². The minimum Gasteiger partial charge on any atom is -0.452 e. The Kier molecular flexibility index (Phi) is 5.28. The number of hydrogen-bond donors (Lipinski definition) is 1.